The lowest BCUT2D eigenvalue weighted by atomic mass is 10.1. The highest BCUT2D eigenvalue weighted by Gasteiger charge is 2.11. The van der Waals surface area contributed by atoms with E-state index in [2.05, 4.69) is 31.5 Å². The first kappa shape index (κ1) is 19.6. The summed E-state index contributed by atoms with van der Waals surface area (Å²) in [4.78, 5) is 49.0. The molecule has 8 nitrogen and oxygen atoms in total. The van der Waals surface area contributed by atoms with Gasteiger partial charge in [-0.25, -0.2) is 4.79 Å². The van der Waals surface area contributed by atoms with Crippen LogP contribution < -0.4 is 21.9 Å². The van der Waals surface area contributed by atoms with Crippen molar-refractivity contribution in [2.75, 3.05) is 11.9 Å². The number of nitrogens with one attached hydrogen (secondary N) is 3. The Morgan fingerprint density at radius 3 is 2.35 bits per heavy atom. The summed E-state index contributed by atoms with van der Waals surface area (Å²) >= 11 is 2.99. The minimum Gasteiger partial charge on any atom is -0.345 e. The normalized spacial score (nSPS) is 10.5. The summed E-state index contributed by atoms with van der Waals surface area (Å²) in [5, 5.41) is 5.22. The van der Waals surface area contributed by atoms with Crippen molar-refractivity contribution in [1.82, 2.24) is 14.9 Å². The summed E-state index contributed by atoms with van der Waals surface area (Å²) in [6, 6.07) is 3.92. The van der Waals surface area contributed by atoms with E-state index >= 15 is 0 Å². The van der Waals surface area contributed by atoms with Crippen LogP contribution in [0.3, 0.4) is 0 Å². The molecule has 0 spiro atoms. The summed E-state index contributed by atoms with van der Waals surface area (Å²) in [5.41, 5.74) is 2.41. The molecule has 1 aromatic heterocycles. The number of benzene rings is 1. The maximum atomic E-state index is 12.1. The highest BCUT2D eigenvalue weighted by molar-refractivity contribution is 9.10. The maximum Gasteiger partial charge on any atom is 0.328 e. The lowest BCUT2D eigenvalue weighted by Crippen LogP contribution is -2.38. The van der Waals surface area contributed by atoms with Gasteiger partial charge >= 0.3 is 5.69 Å². The first-order valence-corrected chi connectivity index (χ1v) is 8.60. The van der Waals surface area contributed by atoms with Gasteiger partial charge in [0.2, 0.25) is 11.8 Å². The second-order valence-corrected chi connectivity index (χ2v) is 6.82. The van der Waals surface area contributed by atoms with Gasteiger partial charge in [0.25, 0.3) is 5.56 Å². The highest BCUT2D eigenvalue weighted by atomic mass is 79.9. The van der Waals surface area contributed by atoms with Crippen molar-refractivity contribution < 1.29 is 9.59 Å². The SMILES string of the molecule is Cc1cc(C)c(NC(=O)CNC(=O)Cn2cc(Br)c(=O)[nH]c2=O)c(C)c1. The molecule has 0 bridgehead atoms. The Morgan fingerprint density at radius 2 is 1.73 bits per heavy atom. The summed E-state index contributed by atoms with van der Waals surface area (Å²) in [7, 11) is 0. The van der Waals surface area contributed by atoms with E-state index in [-0.39, 0.29) is 23.5 Å². The number of hydrogen-bond donors (Lipinski definition) is 3. The summed E-state index contributed by atoms with van der Waals surface area (Å²) in [6.45, 7) is 5.22. The fourth-order valence-corrected chi connectivity index (χ4v) is 2.90. The first-order valence-electron chi connectivity index (χ1n) is 7.81. The van der Waals surface area contributed by atoms with Crippen molar-refractivity contribution in [2.24, 2.45) is 0 Å². The van der Waals surface area contributed by atoms with Crippen molar-refractivity contribution >= 4 is 33.4 Å². The number of carbonyl (C=O) groups is 2. The Balaban J connectivity index is 1.96. The van der Waals surface area contributed by atoms with E-state index in [1.165, 1.54) is 6.20 Å². The van der Waals surface area contributed by atoms with Gasteiger partial charge in [-0.15, -0.1) is 0 Å². The van der Waals surface area contributed by atoms with E-state index in [0.29, 0.717) is 0 Å². The monoisotopic (exact) mass is 422 g/mol. The zero-order valence-electron chi connectivity index (χ0n) is 14.6. The van der Waals surface area contributed by atoms with Crippen LogP contribution in [0, 0.1) is 20.8 Å². The molecule has 0 saturated heterocycles. The molecule has 0 aliphatic heterocycles. The molecule has 1 aromatic carbocycles. The average Bonchev–Trinajstić information content (AvgIpc) is 2.54. The molecular formula is C17H19BrN4O4. The van der Waals surface area contributed by atoms with Crippen LogP contribution >= 0.6 is 15.9 Å². The van der Waals surface area contributed by atoms with Crippen LogP contribution in [-0.4, -0.2) is 27.9 Å². The molecular weight excluding hydrogens is 404 g/mol. The Kier molecular flexibility index (Phi) is 6.14. The van der Waals surface area contributed by atoms with Crippen LogP contribution in [0.15, 0.2) is 32.4 Å². The quantitative estimate of drug-likeness (QED) is 0.666. The molecule has 1 heterocycles. The van der Waals surface area contributed by atoms with Crippen LogP contribution in [0.5, 0.6) is 0 Å². The average molecular weight is 423 g/mol. The van der Waals surface area contributed by atoms with Crippen LogP contribution in [0.1, 0.15) is 16.7 Å². The van der Waals surface area contributed by atoms with Crippen molar-refractivity contribution in [3.05, 3.63) is 60.3 Å². The number of halogens is 1. The van der Waals surface area contributed by atoms with Crippen LogP contribution in [0.2, 0.25) is 0 Å². The molecule has 9 heteroatoms. The fraction of sp³-hybridized carbons (Fsp3) is 0.294. The fourth-order valence-electron chi connectivity index (χ4n) is 2.55. The van der Waals surface area contributed by atoms with Gasteiger partial charge in [0.1, 0.15) is 6.54 Å². The Hall–Kier alpha value is -2.68. The first-order chi connectivity index (χ1) is 12.2. The third kappa shape index (κ3) is 4.92. The van der Waals surface area contributed by atoms with Crippen molar-refractivity contribution in [3.63, 3.8) is 0 Å². The van der Waals surface area contributed by atoms with E-state index in [0.717, 1.165) is 26.9 Å². The van der Waals surface area contributed by atoms with Crippen LogP contribution in [0.25, 0.3) is 0 Å². The number of nitrogens with zero attached hydrogens (tertiary/aromatic N) is 1. The molecule has 0 fully saturated rings. The summed E-state index contributed by atoms with van der Waals surface area (Å²) in [6.07, 6.45) is 1.22. The molecule has 26 heavy (non-hydrogen) atoms. The molecule has 0 aliphatic carbocycles. The molecule has 0 radical (unpaired) electrons. The molecule has 2 rings (SSSR count). The second-order valence-electron chi connectivity index (χ2n) is 5.96. The number of anilines is 1. The minimum absolute atomic E-state index is 0.132. The number of amides is 2. The molecule has 138 valence electrons. The van der Waals surface area contributed by atoms with Gasteiger partial charge in [0, 0.05) is 11.9 Å². The van der Waals surface area contributed by atoms with Gasteiger partial charge in [-0.05, 0) is 47.8 Å². The number of aromatic nitrogens is 2. The van der Waals surface area contributed by atoms with Crippen molar-refractivity contribution in [2.45, 2.75) is 27.3 Å². The van der Waals surface area contributed by atoms with E-state index in [1.807, 2.05) is 32.9 Å². The lowest BCUT2D eigenvalue weighted by Gasteiger charge is -2.13. The number of aryl methyl sites for hydroxylation is 3. The predicted octanol–water partition coefficient (Wildman–Crippen LogP) is 0.979. The Morgan fingerprint density at radius 1 is 1.12 bits per heavy atom. The van der Waals surface area contributed by atoms with Gasteiger partial charge in [-0.2, -0.15) is 0 Å². The smallest absolute Gasteiger partial charge is 0.328 e. The van der Waals surface area contributed by atoms with Gasteiger partial charge in [-0.3, -0.25) is 23.9 Å². The van der Waals surface area contributed by atoms with Crippen LogP contribution in [-0.2, 0) is 16.1 Å². The van der Waals surface area contributed by atoms with E-state index in [9.17, 15) is 19.2 Å². The van der Waals surface area contributed by atoms with Gasteiger partial charge < -0.3 is 10.6 Å². The molecule has 0 atom stereocenters. The maximum absolute atomic E-state index is 12.1. The van der Waals surface area contributed by atoms with Crippen molar-refractivity contribution in [3.8, 4) is 0 Å². The number of H-pyrrole nitrogens is 1. The highest BCUT2D eigenvalue weighted by Crippen LogP contribution is 2.21. The van der Waals surface area contributed by atoms with E-state index in [4.69, 9.17) is 0 Å². The topological polar surface area (TPSA) is 113 Å². The molecule has 0 unspecified atom stereocenters. The van der Waals surface area contributed by atoms with Gasteiger partial charge in [0.15, 0.2) is 0 Å². The largest absolute Gasteiger partial charge is 0.345 e. The Labute approximate surface area is 157 Å². The third-order valence-corrected chi connectivity index (χ3v) is 4.23. The standard InChI is InChI=1S/C17H19BrN4O4/c1-9-4-10(2)15(11(3)5-9)20-13(23)6-19-14(24)8-22-7-12(18)16(25)21-17(22)26/h4-5,7H,6,8H2,1-3H3,(H,19,24)(H,20,23)(H,21,25,26). The molecule has 2 amide bonds. The van der Waals surface area contributed by atoms with Gasteiger partial charge in [-0.1, -0.05) is 17.7 Å². The predicted molar refractivity (Wildman–Crippen MR) is 101 cm³/mol. The number of hydrogen-bond acceptors (Lipinski definition) is 4. The molecule has 0 aliphatic rings. The minimum atomic E-state index is -0.705. The lowest BCUT2D eigenvalue weighted by molar-refractivity contribution is -0.124. The summed E-state index contributed by atoms with van der Waals surface area (Å²) < 4.78 is 1.17. The zero-order valence-corrected chi connectivity index (χ0v) is 16.2. The third-order valence-electron chi connectivity index (χ3n) is 3.67. The number of carbonyl (C=O) groups excluding carboxylic acids is 2. The van der Waals surface area contributed by atoms with E-state index in [1.54, 1.807) is 0 Å². The molecule has 2 aromatic rings. The van der Waals surface area contributed by atoms with E-state index < -0.39 is 17.2 Å². The molecule has 0 saturated carbocycles. The van der Waals surface area contributed by atoms with Gasteiger partial charge in [0.05, 0.1) is 11.0 Å². The zero-order chi connectivity index (χ0) is 19.4. The summed E-state index contributed by atoms with van der Waals surface area (Å²) in [5.74, 6) is -0.901. The van der Waals surface area contributed by atoms with Crippen LogP contribution in [0.4, 0.5) is 5.69 Å². The number of rotatable bonds is 5. The van der Waals surface area contributed by atoms with Crippen molar-refractivity contribution in [1.29, 1.82) is 0 Å². The molecule has 3 N–H and O–H groups in total. The Bertz CT molecular complexity index is 954. The second kappa shape index (κ2) is 8.13. The number of aromatic amines is 1.